The molecule has 0 aliphatic heterocycles. The molecule has 0 aromatic heterocycles. The van der Waals surface area contributed by atoms with Crippen molar-refractivity contribution in [2.75, 3.05) is 0 Å². The molecule has 15 heavy (non-hydrogen) atoms. The maximum Gasteiger partial charge on any atom is -0.0363 e. The van der Waals surface area contributed by atoms with Crippen LogP contribution in [0.4, 0.5) is 0 Å². The minimum atomic E-state index is 0.841. The van der Waals surface area contributed by atoms with Gasteiger partial charge in [-0.3, -0.25) is 0 Å². The molecule has 0 aliphatic carbocycles. The first-order valence-corrected chi connectivity index (χ1v) is 6.93. The van der Waals surface area contributed by atoms with E-state index in [0.717, 1.165) is 29.6 Å². The largest absolute Gasteiger partial charge is 0.0651 e. The molecule has 0 radical (unpaired) electrons. The van der Waals surface area contributed by atoms with Crippen LogP contribution in [-0.4, -0.2) is 0 Å². The molecule has 0 spiro atoms. The number of rotatable bonds is 7. The van der Waals surface area contributed by atoms with Crippen molar-refractivity contribution in [2.45, 2.75) is 67.7 Å². The zero-order chi connectivity index (χ0) is 12.0. The van der Waals surface area contributed by atoms with Gasteiger partial charge in [-0.25, -0.2) is 0 Å². The monoisotopic (exact) mass is 212 g/mol. The summed E-state index contributed by atoms with van der Waals surface area (Å²) in [6, 6.07) is 0. The third kappa shape index (κ3) is 5.04. The lowest BCUT2D eigenvalue weighted by molar-refractivity contribution is 0.184. The van der Waals surface area contributed by atoms with E-state index in [1.54, 1.807) is 0 Å². The molecule has 3 atom stereocenters. The highest BCUT2D eigenvalue weighted by Crippen LogP contribution is 2.33. The molecule has 0 N–H and O–H groups in total. The Morgan fingerprint density at radius 2 is 1.27 bits per heavy atom. The van der Waals surface area contributed by atoms with Crippen LogP contribution in [0.1, 0.15) is 67.7 Å². The molecule has 0 aromatic rings. The first-order valence-electron chi connectivity index (χ1n) is 6.93. The molecular formula is C15H32. The summed E-state index contributed by atoms with van der Waals surface area (Å²) in [4.78, 5) is 0. The summed E-state index contributed by atoms with van der Waals surface area (Å²) in [5, 5.41) is 0. The summed E-state index contributed by atoms with van der Waals surface area (Å²) >= 11 is 0. The van der Waals surface area contributed by atoms with Crippen molar-refractivity contribution in [2.24, 2.45) is 29.6 Å². The fourth-order valence-corrected chi connectivity index (χ4v) is 2.72. The van der Waals surface area contributed by atoms with E-state index >= 15 is 0 Å². The van der Waals surface area contributed by atoms with E-state index in [1.165, 1.54) is 19.3 Å². The molecule has 0 fully saturated rings. The SMILES string of the molecule is CCC(C)C(CC(CC)C(C)C)C(C)C. The standard InChI is InChI=1S/C15H32/c1-8-13(7)15(12(5)6)10-14(9-2)11(3)4/h11-15H,8-10H2,1-7H3. The lowest BCUT2D eigenvalue weighted by atomic mass is 9.74. The summed E-state index contributed by atoms with van der Waals surface area (Å²) in [5.41, 5.74) is 0. The Labute approximate surface area is 97.8 Å². The van der Waals surface area contributed by atoms with E-state index in [1.807, 2.05) is 0 Å². The van der Waals surface area contributed by atoms with Crippen molar-refractivity contribution >= 4 is 0 Å². The Bertz CT molecular complexity index is 146. The predicted octanol–water partition coefficient (Wildman–Crippen LogP) is 5.38. The smallest absolute Gasteiger partial charge is 0.0363 e. The van der Waals surface area contributed by atoms with Crippen LogP contribution in [-0.2, 0) is 0 Å². The number of hydrogen-bond acceptors (Lipinski definition) is 0. The lowest BCUT2D eigenvalue weighted by Gasteiger charge is -2.32. The van der Waals surface area contributed by atoms with Crippen LogP contribution < -0.4 is 0 Å². The molecule has 0 bridgehead atoms. The molecule has 92 valence electrons. The van der Waals surface area contributed by atoms with Gasteiger partial charge in [0.25, 0.3) is 0 Å². The maximum absolute atomic E-state index is 2.43. The third-order valence-electron chi connectivity index (χ3n) is 4.27. The van der Waals surface area contributed by atoms with E-state index < -0.39 is 0 Å². The van der Waals surface area contributed by atoms with Crippen LogP contribution in [0.2, 0.25) is 0 Å². The molecule has 0 saturated heterocycles. The van der Waals surface area contributed by atoms with Gasteiger partial charge in [0.1, 0.15) is 0 Å². The van der Waals surface area contributed by atoms with Crippen LogP contribution in [0.3, 0.4) is 0 Å². The molecular weight excluding hydrogens is 180 g/mol. The van der Waals surface area contributed by atoms with E-state index in [0.29, 0.717) is 0 Å². The molecule has 0 saturated carbocycles. The molecule has 0 heterocycles. The highest BCUT2D eigenvalue weighted by atomic mass is 14.3. The van der Waals surface area contributed by atoms with Crippen LogP contribution in [0, 0.1) is 29.6 Å². The zero-order valence-corrected chi connectivity index (χ0v) is 12.0. The lowest BCUT2D eigenvalue weighted by Crippen LogP contribution is -2.23. The third-order valence-corrected chi connectivity index (χ3v) is 4.27. The topological polar surface area (TPSA) is 0 Å². The van der Waals surface area contributed by atoms with Crippen LogP contribution >= 0.6 is 0 Å². The van der Waals surface area contributed by atoms with Gasteiger partial charge in [-0.1, -0.05) is 61.3 Å². The van der Waals surface area contributed by atoms with E-state index in [2.05, 4.69) is 48.5 Å². The summed E-state index contributed by atoms with van der Waals surface area (Å²) < 4.78 is 0. The quantitative estimate of drug-likeness (QED) is 0.531. The second-order valence-electron chi connectivity index (χ2n) is 5.94. The Morgan fingerprint density at radius 3 is 1.53 bits per heavy atom. The normalized spacial score (nSPS) is 18.2. The molecule has 0 amide bonds. The predicted molar refractivity (Wildman–Crippen MR) is 71.0 cm³/mol. The van der Waals surface area contributed by atoms with Crippen molar-refractivity contribution < 1.29 is 0 Å². The van der Waals surface area contributed by atoms with E-state index in [9.17, 15) is 0 Å². The first-order chi connectivity index (χ1) is 6.93. The molecule has 0 aliphatic rings. The summed E-state index contributed by atoms with van der Waals surface area (Å²) in [5.74, 6) is 4.42. The maximum atomic E-state index is 2.43. The van der Waals surface area contributed by atoms with Gasteiger partial charge in [0, 0.05) is 0 Å². The summed E-state index contributed by atoms with van der Waals surface area (Å²) in [6.45, 7) is 16.6. The van der Waals surface area contributed by atoms with Crippen LogP contribution in [0.15, 0.2) is 0 Å². The molecule has 0 aromatic carbocycles. The molecule has 0 heteroatoms. The van der Waals surface area contributed by atoms with Gasteiger partial charge in [-0.15, -0.1) is 0 Å². The van der Waals surface area contributed by atoms with E-state index in [4.69, 9.17) is 0 Å². The van der Waals surface area contributed by atoms with Crippen molar-refractivity contribution in [1.82, 2.24) is 0 Å². The van der Waals surface area contributed by atoms with Crippen LogP contribution in [0.5, 0.6) is 0 Å². The van der Waals surface area contributed by atoms with Gasteiger partial charge >= 0.3 is 0 Å². The Kier molecular flexibility index (Phi) is 7.30. The van der Waals surface area contributed by atoms with Crippen molar-refractivity contribution in [3.63, 3.8) is 0 Å². The molecule has 3 unspecified atom stereocenters. The van der Waals surface area contributed by atoms with Gasteiger partial charge < -0.3 is 0 Å². The highest BCUT2D eigenvalue weighted by Gasteiger charge is 2.24. The highest BCUT2D eigenvalue weighted by molar-refractivity contribution is 4.74. The first kappa shape index (κ1) is 15.0. The van der Waals surface area contributed by atoms with Crippen molar-refractivity contribution in [1.29, 1.82) is 0 Å². The fourth-order valence-electron chi connectivity index (χ4n) is 2.72. The molecule has 0 nitrogen and oxygen atoms in total. The van der Waals surface area contributed by atoms with Crippen molar-refractivity contribution in [3.8, 4) is 0 Å². The van der Waals surface area contributed by atoms with Gasteiger partial charge in [-0.05, 0) is 36.0 Å². The van der Waals surface area contributed by atoms with Gasteiger partial charge in [0.15, 0.2) is 0 Å². The Hall–Kier alpha value is 0. The average Bonchev–Trinajstić information content (AvgIpc) is 2.17. The summed E-state index contributed by atoms with van der Waals surface area (Å²) in [6.07, 6.45) is 4.11. The minimum Gasteiger partial charge on any atom is -0.0651 e. The average molecular weight is 212 g/mol. The minimum absolute atomic E-state index is 0.841. The van der Waals surface area contributed by atoms with Gasteiger partial charge in [0.2, 0.25) is 0 Å². The second kappa shape index (κ2) is 7.30. The zero-order valence-electron chi connectivity index (χ0n) is 12.0. The van der Waals surface area contributed by atoms with E-state index in [-0.39, 0.29) is 0 Å². The van der Waals surface area contributed by atoms with Crippen molar-refractivity contribution in [3.05, 3.63) is 0 Å². The van der Waals surface area contributed by atoms with Gasteiger partial charge in [0.05, 0.1) is 0 Å². The fraction of sp³-hybridized carbons (Fsp3) is 1.00. The molecule has 0 rings (SSSR count). The second-order valence-corrected chi connectivity index (χ2v) is 5.94. The van der Waals surface area contributed by atoms with Gasteiger partial charge in [-0.2, -0.15) is 0 Å². The number of hydrogen-bond donors (Lipinski definition) is 0. The summed E-state index contributed by atoms with van der Waals surface area (Å²) in [7, 11) is 0. The Morgan fingerprint density at radius 1 is 0.733 bits per heavy atom. The van der Waals surface area contributed by atoms with Crippen LogP contribution in [0.25, 0.3) is 0 Å². The Balaban J connectivity index is 4.38.